The zero-order valence-corrected chi connectivity index (χ0v) is 13.2. The molecule has 0 radical (unpaired) electrons. The van der Waals surface area contributed by atoms with E-state index in [9.17, 15) is 8.42 Å². The number of imidazole rings is 1. The van der Waals surface area contributed by atoms with Crippen molar-refractivity contribution >= 4 is 21.8 Å². The van der Waals surface area contributed by atoms with Crippen molar-refractivity contribution in [2.45, 2.75) is 18.9 Å². The molecular weight excluding hydrogens is 306 g/mol. The number of hydrogen-bond donors (Lipinski definition) is 4. The van der Waals surface area contributed by atoms with Crippen molar-refractivity contribution in [2.75, 3.05) is 30.3 Å². The fourth-order valence-electron chi connectivity index (χ4n) is 1.75. The molecule has 0 saturated carbocycles. The van der Waals surface area contributed by atoms with Gasteiger partial charge >= 0.3 is 0 Å². The Hall–Kier alpha value is -2.20. The van der Waals surface area contributed by atoms with Gasteiger partial charge < -0.3 is 15.6 Å². The highest BCUT2D eigenvalue weighted by molar-refractivity contribution is 7.89. The molecule has 0 amide bonds. The van der Waals surface area contributed by atoms with Crippen LogP contribution in [-0.4, -0.2) is 48.0 Å². The average Bonchev–Trinajstić information content (AvgIpc) is 2.98. The van der Waals surface area contributed by atoms with Crippen molar-refractivity contribution in [2.24, 2.45) is 0 Å². The molecule has 0 fully saturated rings. The van der Waals surface area contributed by atoms with Gasteiger partial charge in [-0.2, -0.15) is 4.98 Å². The van der Waals surface area contributed by atoms with Gasteiger partial charge in [-0.25, -0.2) is 23.1 Å². The molecule has 0 unspecified atom stereocenters. The highest BCUT2D eigenvalue weighted by Crippen LogP contribution is 2.09. The molecule has 10 heteroatoms. The second kappa shape index (κ2) is 7.18. The SMILES string of the molecule is CCNc1cc(C)nc(NCCNS(=O)(=O)c2cnc[nH]2)n1. The maximum atomic E-state index is 11.8. The lowest BCUT2D eigenvalue weighted by molar-refractivity contribution is 0.579. The number of rotatable bonds is 8. The van der Waals surface area contributed by atoms with E-state index in [0.717, 1.165) is 18.1 Å². The number of sulfonamides is 1. The third-order valence-electron chi connectivity index (χ3n) is 2.67. The summed E-state index contributed by atoms with van der Waals surface area (Å²) in [7, 11) is -3.56. The van der Waals surface area contributed by atoms with Crippen LogP contribution in [0.2, 0.25) is 0 Å². The van der Waals surface area contributed by atoms with E-state index in [1.807, 2.05) is 19.9 Å². The summed E-state index contributed by atoms with van der Waals surface area (Å²) in [5, 5.41) is 6.13. The number of aryl methyl sites for hydroxylation is 1. The first-order valence-electron chi connectivity index (χ1n) is 6.82. The normalized spacial score (nSPS) is 11.4. The number of hydrogen-bond acceptors (Lipinski definition) is 7. The van der Waals surface area contributed by atoms with Crippen LogP contribution in [0.15, 0.2) is 23.6 Å². The molecule has 0 aliphatic rings. The van der Waals surface area contributed by atoms with Gasteiger partial charge in [0.15, 0.2) is 5.03 Å². The first kappa shape index (κ1) is 16.2. The van der Waals surface area contributed by atoms with Gasteiger partial charge in [0.2, 0.25) is 5.95 Å². The predicted molar refractivity (Wildman–Crippen MR) is 83.2 cm³/mol. The zero-order chi connectivity index (χ0) is 16.0. The van der Waals surface area contributed by atoms with Crippen LogP contribution in [0.25, 0.3) is 0 Å². The molecule has 0 spiro atoms. The van der Waals surface area contributed by atoms with Gasteiger partial charge in [-0.1, -0.05) is 0 Å². The Kier molecular flexibility index (Phi) is 5.28. The first-order chi connectivity index (χ1) is 10.5. The smallest absolute Gasteiger partial charge is 0.257 e. The van der Waals surface area contributed by atoms with Crippen LogP contribution in [0.3, 0.4) is 0 Å². The highest BCUT2D eigenvalue weighted by atomic mass is 32.2. The molecular formula is C12H19N7O2S. The van der Waals surface area contributed by atoms with Crippen LogP contribution >= 0.6 is 0 Å². The summed E-state index contributed by atoms with van der Waals surface area (Å²) >= 11 is 0. The minimum atomic E-state index is -3.56. The molecule has 120 valence electrons. The van der Waals surface area contributed by atoms with Crippen LogP contribution in [0, 0.1) is 6.92 Å². The van der Waals surface area contributed by atoms with E-state index in [-0.39, 0.29) is 11.6 Å². The third-order valence-corrected chi connectivity index (χ3v) is 4.06. The Labute approximate surface area is 129 Å². The van der Waals surface area contributed by atoms with Gasteiger partial charge in [0, 0.05) is 31.4 Å². The summed E-state index contributed by atoms with van der Waals surface area (Å²) in [5.74, 6) is 1.19. The van der Waals surface area contributed by atoms with Crippen molar-refractivity contribution in [3.05, 3.63) is 24.3 Å². The molecule has 0 aliphatic carbocycles. The zero-order valence-electron chi connectivity index (χ0n) is 12.4. The van der Waals surface area contributed by atoms with E-state index in [0.29, 0.717) is 12.5 Å². The fraction of sp³-hybridized carbons (Fsp3) is 0.417. The summed E-state index contributed by atoms with van der Waals surface area (Å²) in [6.07, 6.45) is 2.57. The monoisotopic (exact) mass is 325 g/mol. The number of aromatic amines is 1. The first-order valence-corrected chi connectivity index (χ1v) is 8.31. The fourth-order valence-corrected chi connectivity index (χ4v) is 2.68. The molecule has 2 aromatic heterocycles. The van der Waals surface area contributed by atoms with Gasteiger partial charge in [0.1, 0.15) is 5.82 Å². The van der Waals surface area contributed by atoms with Crippen LogP contribution in [0.1, 0.15) is 12.6 Å². The van der Waals surface area contributed by atoms with Gasteiger partial charge in [-0.15, -0.1) is 0 Å². The third kappa shape index (κ3) is 4.40. The Morgan fingerprint density at radius 1 is 1.23 bits per heavy atom. The Bertz CT molecular complexity index is 700. The standard InChI is InChI=1S/C12H19N7O2S/c1-3-14-10-6-9(2)18-12(19-10)15-4-5-17-22(20,21)11-7-13-8-16-11/h6-8,17H,3-5H2,1-2H3,(H,13,16)(H2,14,15,18,19). The molecule has 0 aliphatic heterocycles. The summed E-state index contributed by atoms with van der Waals surface area (Å²) in [6, 6.07) is 1.84. The Balaban J connectivity index is 1.86. The quantitative estimate of drug-likeness (QED) is 0.515. The van der Waals surface area contributed by atoms with Gasteiger partial charge in [-0.3, -0.25) is 0 Å². The number of aromatic nitrogens is 4. The summed E-state index contributed by atoms with van der Waals surface area (Å²) < 4.78 is 26.1. The largest absolute Gasteiger partial charge is 0.370 e. The molecule has 4 N–H and O–H groups in total. The minimum Gasteiger partial charge on any atom is -0.370 e. The van der Waals surface area contributed by atoms with Crippen molar-refractivity contribution in [1.82, 2.24) is 24.7 Å². The second-order valence-corrected chi connectivity index (χ2v) is 6.22. The van der Waals surface area contributed by atoms with Crippen molar-refractivity contribution in [3.63, 3.8) is 0 Å². The number of anilines is 2. The van der Waals surface area contributed by atoms with E-state index >= 15 is 0 Å². The predicted octanol–water partition coefficient (Wildman–Crippen LogP) is 0.330. The Morgan fingerprint density at radius 3 is 2.73 bits per heavy atom. The average molecular weight is 325 g/mol. The van der Waals surface area contributed by atoms with Gasteiger partial charge in [-0.05, 0) is 13.8 Å². The van der Waals surface area contributed by atoms with Crippen LogP contribution < -0.4 is 15.4 Å². The van der Waals surface area contributed by atoms with E-state index in [1.165, 1.54) is 12.5 Å². The molecule has 2 heterocycles. The van der Waals surface area contributed by atoms with Crippen molar-refractivity contribution in [1.29, 1.82) is 0 Å². The molecule has 22 heavy (non-hydrogen) atoms. The van der Waals surface area contributed by atoms with Gasteiger partial charge in [0.05, 0.1) is 12.5 Å². The molecule has 0 aromatic carbocycles. The molecule has 2 rings (SSSR count). The second-order valence-electron chi connectivity index (χ2n) is 4.49. The topological polar surface area (TPSA) is 125 Å². The summed E-state index contributed by atoms with van der Waals surface area (Å²) in [5.41, 5.74) is 0.825. The summed E-state index contributed by atoms with van der Waals surface area (Å²) in [6.45, 7) is 5.18. The van der Waals surface area contributed by atoms with Gasteiger partial charge in [0.25, 0.3) is 10.0 Å². The number of nitrogens with one attached hydrogen (secondary N) is 4. The van der Waals surface area contributed by atoms with Crippen LogP contribution in [0.4, 0.5) is 11.8 Å². The van der Waals surface area contributed by atoms with E-state index in [1.54, 1.807) is 0 Å². The lowest BCUT2D eigenvalue weighted by Crippen LogP contribution is -2.29. The minimum absolute atomic E-state index is 0.0359. The van der Waals surface area contributed by atoms with E-state index in [4.69, 9.17) is 0 Å². The van der Waals surface area contributed by atoms with Crippen LogP contribution in [0.5, 0.6) is 0 Å². The highest BCUT2D eigenvalue weighted by Gasteiger charge is 2.14. The number of nitrogens with zero attached hydrogens (tertiary/aromatic N) is 3. The number of H-pyrrole nitrogens is 1. The maximum Gasteiger partial charge on any atom is 0.257 e. The molecule has 0 atom stereocenters. The summed E-state index contributed by atoms with van der Waals surface area (Å²) in [4.78, 5) is 14.8. The lowest BCUT2D eigenvalue weighted by atomic mass is 10.4. The lowest BCUT2D eigenvalue weighted by Gasteiger charge is -2.09. The molecule has 0 bridgehead atoms. The van der Waals surface area contributed by atoms with E-state index < -0.39 is 10.0 Å². The van der Waals surface area contributed by atoms with Crippen LogP contribution in [-0.2, 0) is 10.0 Å². The molecule has 0 saturated heterocycles. The molecule has 2 aromatic rings. The maximum absolute atomic E-state index is 11.8. The van der Waals surface area contributed by atoms with E-state index in [2.05, 4.69) is 35.3 Å². The van der Waals surface area contributed by atoms with Crippen molar-refractivity contribution < 1.29 is 8.42 Å². The van der Waals surface area contributed by atoms with Crippen molar-refractivity contribution in [3.8, 4) is 0 Å². The molecule has 9 nitrogen and oxygen atoms in total. The Morgan fingerprint density at radius 2 is 2.05 bits per heavy atom.